The largest absolute Gasteiger partial charge is 0.534 e. The number of nitrogens with one attached hydrogen (secondary N) is 1. The Morgan fingerprint density at radius 1 is 0.974 bits per heavy atom. The van der Waals surface area contributed by atoms with Crippen LogP contribution in [0.3, 0.4) is 0 Å². The standard InChI is InChI=1S/C28H27F3N2O5S/c1-17-22(38-39(36,37)28(29,30)31)15-14-21-23(17)26(35)33(24(21)25(34)32-27(2,3)4)16-19-12-8-9-13-20(19)18-10-6-5-7-11-18/h5-15,24H,16H2,1-4H3,(H,32,34)/t24-/m1/s1. The number of alkyl halides is 3. The SMILES string of the molecule is Cc1c(OS(=O)(=O)C(F)(F)F)ccc2c1C(=O)N(Cc1ccccc1-c1ccccc1)[C@H]2C(=O)NC(C)(C)C. The minimum absolute atomic E-state index is 0.0112. The molecular weight excluding hydrogens is 533 g/mol. The van der Waals surface area contributed by atoms with Crippen LogP contribution in [0.25, 0.3) is 11.1 Å². The Balaban J connectivity index is 1.81. The third-order valence-corrected chi connectivity index (χ3v) is 7.17. The summed E-state index contributed by atoms with van der Waals surface area (Å²) in [5, 5.41) is 2.87. The van der Waals surface area contributed by atoms with Gasteiger partial charge < -0.3 is 14.4 Å². The van der Waals surface area contributed by atoms with Gasteiger partial charge in [0, 0.05) is 17.6 Å². The summed E-state index contributed by atoms with van der Waals surface area (Å²) < 4.78 is 66.6. The van der Waals surface area contributed by atoms with Crippen LogP contribution in [0.1, 0.15) is 53.9 Å². The molecular formula is C28H27F3N2O5S. The van der Waals surface area contributed by atoms with Gasteiger partial charge in [0.05, 0.1) is 5.56 Å². The first-order chi connectivity index (χ1) is 18.1. The molecule has 11 heteroatoms. The lowest BCUT2D eigenvalue weighted by Crippen LogP contribution is -2.46. The smallest absolute Gasteiger partial charge is 0.376 e. The maximum atomic E-state index is 13.8. The fourth-order valence-corrected chi connectivity index (χ4v) is 5.05. The first kappa shape index (κ1) is 28.2. The van der Waals surface area contributed by atoms with Gasteiger partial charge in [-0.2, -0.15) is 21.6 Å². The van der Waals surface area contributed by atoms with E-state index in [1.165, 1.54) is 17.9 Å². The minimum atomic E-state index is -5.96. The van der Waals surface area contributed by atoms with Gasteiger partial charge in [0.15, 0.2) is 0 Å². The number of carbonyl (C=O) groups is 2. The first-order valence-electron chi connectivity index (χ1n) is 12.0. The quantitative estimate of drug-likeness (QED) is 0.317. The van der Waals surface area contributed by atoms with Gasteiger partial charge in [-0.25, -0.2) is 0 Å². The van der Waals surface area contributed by atoms with E-state index in [4.69, 9.17) is 0 Å². The van der Waals surface area contributed by atoms with E-state index in [9.17, 15) is 31.2 Å². The van der Waals surface area contributed by atoms with Crippen LogP contribution in [0, 0.1) is 6.92 Å². The van der Waals surface area contributed by atoms with E-state index in [2.05, 4.69) is 9.50 Å². The van der Waals surface area contributed by atoms with Crippen LogP contribution in [0.4, 0.5) is 13.2 Å². The molecule has 39 heavy (non-hydrogen) atoms. The van der Waals surface area contributed by atoms with Crippen LogP contribution in [-0.4, -0.2) is 36.2 Å². The predicted molar refractivity (Wildman–Crippen MR) is 139 cm³/mol. The Labute approximate surface area is 224 Å². The Kier molecular flexibility index (Phi) is 7.24. The average Bonchev–Trinajstić information content (AvgIpc) is 3.12. The fourth-order valence-electron chi connectivity index (χ4n) is 4.53. The molecule has 0 aliphatic carbocycles. The second-order valence-electron chi connectivity index (χ2n) is 10.2. The van der Waals surface area contributed by atoms with E-state index in [-0.39, 0.29) is 23.2 Å². The molecule has 0 saturated carbocycles. The zero-order valence-corrected chi connectivity index (χ0v) is 22.5. The minimum Gasteiger partial charge on any atom is -0.376 e. The van der Waals surface area contributed by atoms with Crippen molar-refractivity contribution in [3.8, 4) is 16.9 Å². The molecule has 0 saturated heterocycles. The van der Waals surface area contributed by atoms with Crippen LogP contribution in [0.2, 0.25) is 0 Å². The maximum absolute atomic E-state index is 13.8. The highest BCUT2D eigenvalue weighted by molar-refractivity contribution is 7.88. The van der Waals surface area contributed by atoms with Crippen molar-refractivity contribution in [1.29, 1.82) is 0 Å². The van der Waals surface area contributed by atoms with Gasteiger partial charge in [0.2, 0.25) is 5.91 Å². The third kappa shape index (κ3) is 5.63. The molecule has 4 rings (SSSR count). The third-order valence-electron chi connectivity index (χ3n) is 6.20. The van der Waals surface area contributed by atoms with Crippen molar-refractivity contribution < 1.29 is 35.4 Å². The summed E-state index contributed by atoms with van der Waals surface area (Å²) >= 11 is 0. The molecule has 1 aliphatic heterocycles. The lowest BCUT2D eigenvalue weighted by Gasteiger charge is -2.29. The van der Waals surface area contributed by atoms with Gasteiger partial charge in [-0.15, -0.1) is 0 Å². The Hall–Kier alpha value is -3.86. The van der Waals surface area contributed by atoms with Crippen LogP contribution >= 0.6 is 0 Å². The maximum Gasteiger partial charge on any atom is 0.534 e. The van der Waals surface area contributed by atoms with Crippen LogP contribution in [0.15, 0.2) is 66.7 Å². The average molecular weight is 561 g/mol. The topological polar surface area (TPSA) is 92.8 Å². The fraction of sp³-hybridized carbons (Fsp3) is 0.286. The number of halogens is 3. The molecule has 0 aromatic heterocycles. The van der Waals surface area contributed by atoms with Gasteiger partial charge in [-0.05, 0) is 56.0 Å². The number of hydrogen-bond donors (Lipinski definition) is 1. The summed E-state index contributed by atoms with van der Waals surface area (Å²) in [6, 6.07) is 18.0. The van der Waals surface area contributed by atoms with Crippen LogP contribution < -0.4 is 9.50 Å². The van der Waals surface area contributed by atoms with Crippen molar-refractivity contribution in [3.63, 3.8) is 0 Å². The van der Waals surface area contributed by atoms with E-state index < -0.39 is 44.8 Å². The summed E-state index contributed by atoms with van der Waals surface area (Å²) in [5.41, 5.74) is -3.75. The van der Waals surface area contributed by atoms with Crippen LogP contribution in [-0.2, 0) is 21.5 Å². The van der Waals surface area contributed by atoms with E-state index in [1.54, 1.807) is 26.8 Å². The summed E-state index contributed by atoms with van der Waals surface area (Å²) in [7, 11) is -5.96. The molecule has 3 aromatic carbocycles. The molecule has 0 spiro atoms. The molecule has 2 amide bonds. The Morgan fingerprint density at radius 3 is 2.21 bits per heavy atom. The normalized spacial score (nSPS) is 15.7. The van der Waals surface area contributed by atoms with Gasteiger partial charge in [-0.3, -0.25) is 9.59 Å². The number of fused-ring (bicyclic) bond motifs is 1. The number of rotatable bonds is 6. The van der Waals surface area contributed by atoms with Gasteiger partial charge in [0.25, 0.3) is 5.91 Å². The van der Waals surface area contributed by atoms with E-state index in [0.29, 0.717) is 0 Å². The van der Waals surface area contributed by atoms with E-state index in [1.807, 2.05) is 48.5 Å². The van der Waals surface area contributed by atoms with Crippen molar-refractivity contribution >= 4 is 21.9 Å². The molecule has 0 unspecified atom stereocenters. The second-order valence-corrected chi connectivity index (χ2v) is 11.8. The van der Waals surface area contributed by atoms with Crippen molar-refractivity contribution in [2.24, 2.45) is 0 Å². The summed E-state index contributed by atoms with van der Waals surface area (Å²) in [4.78, 5) is 28.6. The summed E-state index contributed by atoms with van der Waals surface area (Å²) in [6.07, 6.45) is 0. The summed E-state index contributed by atoms with van der Waals surface area (Å²) in [6.45, 7) is 6.64. The highest BCUT2D eigenvalue weighted by Gasteiger charge is 2.49. The first-order valence-corrected chi connectivity index (χ1v) is 13.4. The van der Waals surface area contributed by atoms with Gasteiger partial charge >= 0.3 is 15.6 Å². The monoisotopic (exact) mass is 560 g/mol. The molecule has 3 aromatic rings. The molecule has 0 fully saturated rings. The molecule has 7 nitrogen and oxygen atoms in total. The van der Waals surface area contributed by atoms with Crippen molar-refractivity contribution in [2.45, 2.75) is 51.3 Å². The number of amides is 2. The number of nitrogens with zero attached hydrogens (tertiary/aromatic N) is 1. The highest BCUT2D eigenvalue weighted by atomic mass is 32.2. The van der Waals surface area contributed by atoms with Crippen molar-refractivity contribution in [1.82, 2.24) is 10.2 Å². The zero-order valence-electron chi connectivity index (χ0n) is 21.7. The summed E-state index contributed by atoms with van der Waals surface area (Å²) in [5.74, 6) is -1.75. The molecule has 0 radical (unpaired) electrons. The van der Waals surface area contributed by atoms with E-state index in [0.717, 1.165) is 22.8 Å². The molecule has 1 heterocycles. The molecule has 1 atom stereocenters. The lowest BCUT2D eigenvalue weighted by molar-refractivity contribution is -0.127. The van der Waals surface area contributed by atoms with Gasteiger partial charge in [-0.1, -0.05) is 60.7 Å². The highest BCUT2D eigenvalue weighted by Crippen LogP contribution is 2.42. The second kappa shape index (κ2) is 10.0. The van der Waals surface area contributed by atoms with Crippen molar-refractivity contribution in [2.75, 3.05) is 0 Å². The van der Waals surface area contributed by atoms with Crippen molar-refractivity contribution in [3.05, 3.63) is 89.0 Å². The number of benzene rings is 3. The Bertz CT molecular complexity index is 1530. The number of carbonyl (C=O) groups excluding carboxylic acids is 2. The molecule has 1 aliphatic rings. The van der Waals surface area contributed by atoms with E-state index >= 15 is 0 Å². The molecule has 1 N–H and O–H groups in total. The number of hydrogen-bond acceptors (Lipinski definition) is 5. The van der Waals surface area contributed by atoms with Crippen LogP contribution in [0.5, 0.6) is 5.75 Å². The zero-order chi connectivity index (χ0) is 28.8. The lowest BCUT2D eigenvalue weighted by atomic mass is 9.97. The van der Waals surface area contributed by atoms with Gasteiger partial charge in [0.1, 0.15) is 11.8 Å². The Morgan fingerprint density at radius 2 is 1.59 bits per heavy atom. The predicted octanol–water partition coefficient (Wildman–Crippen LogP) is 5.50. The molecule has 0 bridgehead atoms. The molecule has 206 valence electrons.